The van der Waals surface area contributed by atoms with Gasteiger partial charge in [0.2, 0.25) is 0 Å². The van der Waals surface area contributed by atoms with Crippen molar-refractivity contribution in [1.82, 2.24) is 0 Å². The normalized spacial score (nSPS) is 22.1. The van der Waals surface area contributed by atoms with Crippen LogP contribution in [-0.4, -0.2) is 25.0 Å². The average molecular weight is 441 g/mol. The van der Waals surface area contributed by atoms with E-state index in [-0.39, 0.29) is 25.4 Å². The van der Waals surface area contributed by atoms with Gasteiger partial charge in [0, 0.05) is 0 Å². The van der Waals surface area contributed by atoms with Gasteiger partial charge in [0.25, 0.3) is 0 Å². The minimum Gasteiger partial charge on any atom is -0.465 e. The minimum absolute atomic E-state index is 0.136. The molecule has 0 bridgehead atoms. The number of alkyl halides is 4. The Balaban J connectivity index is 2.23. The summed E-state index contributed by atoms with van der Waals surface area (Å²) < 4.78 is 60.4. The van der Waals surface area contributed by atoms with Crippen molar-refractivity contribution < 1.29 is 31.8 Å². The molecule has 1 aliphatic rings. The first kappa shape index (κ1) is 21.2. The van der Waals surface area contributed by atoms with Crippen molar-refractivity contribution in [1.29, 1.82) is 0 Å². The van der Waals surface area contributed by atoms with Crippen LogP contribution in [0.1, 0.15) is 60.0 Å². The molecule has 1 unspecified atom stereocenters. The summed E-state index contributed by atoms with van der Waals surface area (Å²) in [6.45, 7) is 3.53. The average Bonchev–Trinajstić information content (AvgIpc) is 2.56. The minimum atomic E-state index is -4.65. The van der Waals surface area contributed by atoms with Gasteiger partial charge >= 0.3 is 12.3 Å². The standard InChI is InChI=1S/C18H21BrF4O3/c1-3-25-17(24)16(19)13-8-9-14(20)10(2)15(13)11-4-6-12(7-5-11)26-18(21,22)23/h8-9,11-12,16H,3-7H2,1-2H3. The van der Waals surface area contributed by atoms with Gasteiger partial charge in [-0.3, -0.25) is 9.53 Å². The van der Waals surface area contributed by atoms with Crippen molar-refractivity contribution in [3.05, 3.63) is 34.6 Å². The maximum Gasteiger partial charge on any atom is 0.522 e. The summed E-state index contributed by atoms with van der Waals surface area (Å²) in [6, 6.07) is 2.83. The quantitative estimate of drug-likeness (QED) is 0.334. The first-order valence-electron chi connectivity index (χ1n) is 8.48. The van der Waals surface area contributed by atoms with E-state index in [0.29, 0.717) is 29.5 Å². The maximum absolute atomic E-state index is 14.1. The van der Waals surface area contributed by atoms with Crippen molar-refractivity contribution in [3.63, 3.8) is 0 Å². The lowest BCUT2D eigenvalue weighted by Gasteiger charge is -2.32. The Kier molecular flexibility index (Phi) is 7.07. The zero-order chi connectivity index (χ0) is 19.5. The van der Waals surface area contributed by atoms with Gasteiger partial charge in [0.15, 0.2) is 0 Å². The first-order chi connectivity index (χ1) is 12.1. The van der Waals surface area contributed by atoms with Gasteiger partial charge in [0.05, 0.1) is 12.7 Å². The molecule has 0 amide bonds. The number of esters is 1. The number of carbonyl (C=O) groups is 1. The molecule has 1 atom stereocenters. The molecule has 26 heavy (non-hydrogen) atoms. The van der Waals surface area contributed by atoms with Crippen LogP contribution in [0.4, 0.5) is 17.6 Å². The maximum atomic E-state index is 14.1. The van der Waals surface area contributed by atoms with Crippen LogP contribution in [0.15, 0.2) is 12.1 Å². The Morgan fingerprint density at radius 1 is 1.27 bits per heavy atom. The monoisotopic (exact) mass is 440 g/mol. The number of halogens is 5. The summed E-state index contributed by atoms with van der Waals surface area (Å²) in [4.78, 5) is 11.3. The van der Waals surface area contributed by atoms with Gasteiger partial charge in [-0.15, -0.1) is 13.2 Å². The highest BCUT2D eigenvalue weighted by Crippen LogP contribution is 2.42. The topological polar surface area (TPSA) is 35.5 Å². The van der Waals surface area contributed by atoms with E-state index in [2.05, 4.69) is 20.7 Å². The van der Waals surface area contributed by atoms with E-state index < -0.39 is 29.1 Å². The number of ether oxygens (including phenoxy) is 2. The largest absolute Gasteiger partial charge is 0.522 e. The molecule has 1 aromatic rings. The van der Waals surface area contributed by atoms with E-state index >= 15 is 0 Å². The van der Waals surface area contributed by atoms with Crippen LogP contribution in [0.2, 0.25) is 0 Å². The highest BCUT2D eigenvalue weighted by Gasteiger charge is 2.37. The lowest BCUT2D eigenvalue weighted by molar-refractivity contribution is -0.345. The van der Waals surface area contributed by atoms with Gasteiger partial charge in [-0.05, 0) is 68.2 Å². The molecule has 0 heterocycles. The molecule has 0 spiro atoms. The van der Waals surface area contributed by atoms with E-state index in [1.807, 2.05) is 0 Å². The molecule has 8 heteroatoms. The second-order valence-electron chi connectivity index (χ2n) is 6.33. The van der Waals surface area contributed by atoms with Crippen LogP contribution in [0.5, 0.6) is 0 Å². The summed E-state index contributed by atoms with van der Waals surface area (Å²) in [5, 5.41) is 0. The Hall–Kier alpha value is -1.15. The van der Waals surface area contributed by atoms with Crippen molar-refractivity contribution in [2.24, 2.45) is 0 Å². The zero-order valence-electron chi connectivity index (χ0n) is 14.5. The molecule has 1 saturated carbocycles. The molecule has 2 rings (SSSR count). The molecule has 0 N–H and O–H groups in total. The Labute approximate surface area is 158 Å². The van der Waals surface area contributed by atoms with E-state index in [1.54, 1.807) is 13.8 Å². The van der Waals surface area contributed by atoms with Crippen molar-refractivity contribution >= 4 is 21.9 Å². The zero-order valence-corrected chi connectivity index (χ0v) is 16.1. The van der Waals surface area contributed by atoms with E-state index in [9.17, 15) is 22.4 Å². The van der Waals surface area contributed by atoms with Crippen molar-refractivity contribution in [2.45, 2.75) is 62.7 Å². The molecule has 1 aromatic carbocycles. The smallest absolute Gasteiger partial charge is 0.465 e. The van der Waals surface area contributed by atoms with E-state index in [4.69, 9.17) is 4.74 Å². The predicted molar refractivity (Wildman–Crippen MR) is 91.6 cm³/mol. The van der Waals surface area contributed by atoms with Gasteiger partial charge in [-0.25, -0.2) is 4.39 Å². The highest BCUT2D eigenvalue weighted by molar-refractivity contribution is 9.09. The number of carbonyl (C=O) groups excluding carboxylic acids is 1. The number of hydrogen-bond donors (Lipinski definition) is 0. The second-order valence-corrected chi connectivity index (χ2v) is 7.24. The van der Waals surface area contributed by atoms with Crippen molar-refractivity contribution in [2.75, 3.05) is 6.61 Å². The van der Waals surface area contributed by atoms with Crippen LogP contribution in [-0.2, 0) is 14.3 Å². The molecule has 1 fully saturated rings. The predicted octanol–water partition coefficient (Wildman–Crippen LogP) is 5.70. The number of rotatable bonds is 5. The Morgan fingerprint density at radius 2 is 1.88 bits per heavy atom. The van der Waals surface area contributed by atoms with Crippen LogP contribution in [0, 0.1) is 12.7 Å². The Bertz CT molecular complexity index is 640. The third-order valence-electron chi connectivity index (χ3n) is 4.63. The molecule has 3 nitrogen and oxygen atoms in total. The van der Waals surface area contributed by atoms with Gasteiger partial charge in [0.1, 0.15) is 10.6 Å². The van der Waals surface area contributed by atoms with Crippen LogP contribution < -0.4 is 0 Å². The molecule has 0 radical (unpaired) electrons. The highest BCUT2D eigenvalue weighted by atomic mass is 79.9. The van der Waals surface area contributed by atoms with E-state index in [1.165, 1.54) is 12.1 Å². The van der Waals surface area contributed by atoms with Crippen LogP contribution >= 0.6 is 15.9 Å². The van der Waals surface area contributed by atoms with E-state index in [0.717, 1.165) is 0 Å². The molecule has 0 aliphatic heterocycles. The fourth-order valence-electron chi connectivity index (χ4n) is 3.49. The summed E-state index contributed by atoms with van der Waals surface area (Å²) in [6.07, 6.45) is -4.21. The summed E-state index contributed by atoms with van der Waals surface area (Å²) in [7, 11) is 0. The van der Waals surface area contributed by atoms with Crippen LogP contribution in [0.25, 0.3) is 0 Å². The molecule has 0 aromatic heterocycles. The summed E-state index contributed by atoms with van der Waals surface area (Å²) >= 11 is 3.31. The Morgan fingerprint density at radius 3 is 2.42 bits per heavy atom. The molecule has 1 aliphatic carbocycles. The SMILES string of the molecule is CCOC(=O)C(Br)c1ccc(F)c(C)c1C1CCC(OC(F)(F)F)CC1. The summed E-state index contributed by atoms with van der Waals surface area (Å²) in [5.74, 6) is -1.02. The molecular formula is C18H21BrF4O3. The van der Waals surface area contributed by atoms with Gasteiger partial charge < -0.3 is 4.74 Å². The second kappa shape index (κ2) is 8.69. The molecule has 146 valence electrons. The fourth-order valence-corrected chi connectivity index (χ4v) is 4.02. The van der Waals surface area contributed by atoms with Gasteiger partial charge in [-0.2, -0.15) is 0 Å². The third kappa shape index (κ3) is 5.19. The number of benzene rings is 1. The first-order valence-corrected chi connectivity index (χ1v) is 9.39. The van der Waals surface area contributed by atoms with Crippen molar-refractivity contribution in [3.8, 4) is 0 Å². The fraction of sp³-hybridized carbons (Fsp3) is 0.611. The van der Waals surface area contributed by atoms with Gasteiger partial charge in [-0.1, -0.05) is 22.0 Å². The molecular weight excluding hydrogens is 420 g/mol. The number of hydrogen-bond acceptors (Lipinski definition) is 3. The third-order valence-corrected chi connectivity index (χ3v) is 5.50. The summed E-state index contributed by atoms with van der Waals surface area (Å²) in [5.41, 5.74) is 1.68. The molecule has 0 saturated heterocycles. The van der Waals surface area contributed by atoms with Crippen LogP contribution in [0.3, 0.4) is 0 Å². The lowest BCUT2D eigenvalue weighted by Crippen LogP contribution is -2.28. The lowest BCUT2D eigenvalue weighted by atomic mass is 9.78.